The molecule has 4 aliphatic rings. The van der Waals surface area contributed by atoms with Crippen LogP contribution in [0.3, 0.4) is 0 Å². The molecule has 0 unspecified atom stereocenters. The number of amides is 2. The van der Waals surface area contributed by atoms with Gasteiger partial charge in [-0.2, -0.15) is 0 Å². The predicted octanol–water partition coefficient (Wildman–Crippen LogP) is 2.10. The van der Waals surface area contributed by atoms with Crippen molar-refractivity contribution in [3.05, 3.63) is 41.4 Å². The maximum absolute atomic E-state index is 13.9. The second-order valence-corrected chi connectivity index (χ2v) is 10.0. The van der Waals surface area contributed by atoms with Gasteiger partial charge in [-0.25, -0.2) is 4.98 Å². The Balaban J connectivity index is 1.27. The molecule has 2 aromatic heterocycles. The summed E-state index contributed by atoms with van der Waals surface area (Å²) in [6, 6.07) is 3.88. The highest BCUT2D eigenvalue weighted by Gasteiger charge is 2.52. The van der Waals surface area contributed by atoms with Gasteiger partial charge in [-0.3, -0.25) is 14.5 Å². The Morgan fingerprint density at radius 2 is 2.12 bits per heavy atom. The summed E-state index contributed by atoms with van der Waals surface area (Å²) in [4.78, 5) is 41.0. The molecule has 170 valence electrons. The maximum Gasteiger partial charge on any atom is 0.246 e. The molecular formula is C24H31N5O3. The van der Waals surface area contributed by atoms with Crippen molar-refractivity contribution in [1.29, 1.82) is 0 Å². The van der Waals surface area contributed by atoms with Crippen LogP contribution in [0.25, 0.3) is 0 Å². The second-order valence-electron chi connectivity index (χ2n) is 10.0. The minimum atomic E-state index is -0.352. The summed E-state index contributed by atoms with van der Waals surface area (Å²) in [6.07, 6.45) is 6.02. The Hall–Kier alpha value is -2.61. The molecule has 0 saturated carbocycles. The number of fused-ring (bicyclic) bond motifs is 5. The fourth-order valence-electron chi connectivity index (χ4n) is 6.58. The number of carbonyl (C=O) groups excluding carboxylic acids is 2. The van der Waals surface area contributed by atoms with Gasteiger partial charge in [-0.05, 0) is 44.2 Å². The molecule has 2 aromatic rings. The first-order chi connectivity index (χ1) is 15.6. The number of piperidine rings is 3. The molecule has 2 bridgehead atoms. The first kappa shape index (κ1) is 20.0. The van der Waals surface area contributed by atoms with E-state index in [0.29, 0.717) is 25.4 Å². The van der Waals surface area contributed by atoms with Crippen molar-refractivity contribution in [2.24, 2.45) is 11.8 Å². The molecule has 6 heterocycles. The molecular weight excluding hydrogens is 406 g/mol. The van der Waals surface area contributed by atoms with Crippen LogP contribution in [-0.4, -0.2) is 68.2 Å². The number of H-pyrrole nitrogens is 1. The lowest BCUT2D eigenvalue weighted by Gasteiger charge is -2.56. The molecule has 2 amide bonds. The molecule has 0 spiro atoms. The van der Waals surface area contributed by atoms with Gasteiger partial charge in [0.25, 0.3) is 0 Å². The molecule has 6 rings (SSSR count). The highest BCUT2D eigenvalue weighted by Crippen LogP contribution is 2.42. The number of nitrogens with zero attached hydrogens (tertiary/aromatic N) is 4. The SMILES string of the molecule is Cc1ccc(CN2C[C@@H]3C[C@H](C2)[C@H](C(=O)N2CCc4nc[nH]c4C2)N2C(=O)CCC[C@@H]32)o1. The lowest BCUT2D eigenvalue weighted by atomic mass is 9.71. The predicted molar refractivity (Wildman–Crippen MR) is 116 cm³/mol. The van der Waals surface area contributed by atoms with E-state index in [1.54, 1.807) is 6.33 Å². The van der Waals surface area contributed by atoms with Gasteiger partial charge in [0.05, 0.1) is 30.8 Å². The minimum absolute atomic E-state index is 0.115. The van der Waals surface area contributed by atoms with Gasteiger partial charge in [0.1, 0.15) is 17.6 Å². The number of aromatic amines is 1. The van der Waals surface area contributed by atoms with E-state index in [2.05, 4.69) is 20.9 Å². The van der Waals surface area contributed by atoms with E-state index in [4.69, 9.17) is 4.42 Å². The van der Waals surface area contributed by atoms with Crippen molar-refractivity contribution in [3.63, 3.8) is 0 Å². The average Bonchev–Trinajstić information content (AvgIpc) is 3.42. The van der Waals surface area contributed by atoms with Crippen LogP contribution in [-0.2, 0) is 29.1 Å². The largest absolute Gasteiger partial charge is 0.465 e. The van der Waals surface area contributed by atoms with E-state index in [9.17, 15) is 9.59 Å². The van der Waals surface area contributed by atoms with Gasteiger partial charge in [0.15, 0.2) is 0 Å². The zero-order valence-corrected chi connectivity index (χ0v) is 18.6. The van der Waals surface area contributed by atoms with E-state index in [-0.39, 0.29) is 29.8 Å². The van der Waals surface area contributed by atoms with Crippen molar-refractivity contribution < 1.29 is 14.0 Å². The zero-order chi connectivity index (χ0) is 21.8. The standard InChI is InChI=1S/C24H31N5O3/c1-15-5-6-18(32-15)12-27-10-16-9-17(11-27)23(29-21(16)3-2-4-22(29)30)24(31)28-8-7-19-20(13-28)26-14-25-19/h5-6,14,16-17,21,23H,2-4,7-13H2,1H3,(H,25,26)/t16-,17+,21-,23+/m0/s1. The molecule has 0 aromatic carbocycles. The molecule has 4 atom stereocenters. The van der Waals surface area contributed by atoms with Gasteiger partial charge in [0, 0.05) is 44.4 Å². The molecule has 4 aliphatic heterocycles. The Kier molecular flexibility index (Phi) is 4.86. The van der Waals surface area contributed by atoms with Gasteiger partial charge in [-0.15, -0.1) is 0 Å². The van der Waals surface area contributed by atoms with Gasteiger partial charge in [0.2, 0.25) is 11.8 Å². The van der Waals surface area contributed by atoms with E-state index in [0.717, 1.165) is 68.2 Å². The normalized spacial score (nSPS) is 30.2. The zero-order valence-electron chi connectivity index (χ0n) is 18.6. The molecule has 1 N–H and O–H groups in total. The van der Waals surface area contributed by atoms with Crippen molar-refractivity contribution in [1.82, 2.24) is 24.7 Å². The number of furan rings is 1. The first-order valence-electron chi connectivity index (χ1n) is 12.0. The van der Waals surface area contributed by atoms with Crippen LogP contribution >= 0.6 is 0 Å². The fraction of sp³-hybridized carbons (Fsp3) is 0.625. The first-order valence-corrected chi connectivity index (χ1v) is 12.0. The lowest BCUT2D eigenvalue weighted by Crippen LogP contribution is -2.68. The van der Waals surface area contributed by atoms with Crippen LogP contribution in [0.1, 0.15) is 48.6 Å². The molecule has 3 saturated heterocycles. The summed E-state index contributed by atoms with van der Waals surface area (Å²) in [5.41, 5.74) is 2.08. The molecule has 32 heavy (non-hydrogen) atoms. The van der Waals surface area contributed by atoms with E-state index in [1.165, 1.54) is 0 Å². The third-order valence-electron chi connectivity index (χ3n) is 7.93. The van der Waals surface area contributed by atoms with Crippen molar-refractivity contribution in [3.8, 4) is 0 Å². The van der Waals surface area contributed by atoms with Gasteiger partial charge < -0.3 is 19.2 Å². The number of nitrogens with one attached hydrogen (secondary N) is 1. The maximum atomic E-state index is 13.9. The van der Waals surface area contributed by atoms with Crippen molar-refractivity contribution >= 4 is 11.8 Å². The average molecular weight is 438 g/mol. The fourth-order valence-corrected chi connectivity index (χ4v) is 6.58. The number of hydrogen-bond donors (Lipinski definition) is 1. The van der Waals surface area contributed by atoms with E-state index in [1.807, 2.05) is 22.8 Å². The molecule has 3 fully saturated rings. The lowest BCUT2D eigenvalue weighted by molar-refractivity contribution is -0.166. The number of aryl methyl sites for hydroxylation is 1. The number of rotatable bonds is 3. The highest BCUT2D eigenvalue weighted by molar-refractivity contribution is 5.89. The molecule has 0 radical (unpaired) electrons. The Bertz CT molecular complexity index is 1030. The highest BCUT2D eigenvalue weighted by atomic mass is 16.3. The van der Waals surface area contributed by atoms with E-state index >= 15 is 0 Å². The number of carbonyl (C=O) groups is 2. The number of aromatic nitrogens is 2. The van der Waals surface area contributed by atoms with E-state index < -0.39 is 0 Å². The third kappa shape index (κ3) is 3.36. The summed E-state index contributed by atoms with van der Waals surface area (Å²) in [5.74, 6) is 2.79. The second kappa shape index (κ2) is 7.76. The molecule has 8 heteroatoms. The van der Waals surface area contributed by atoms with Crippen molar-refractivity contribution in [2.45, 2.75) is 64.2 Å². The summed E-state index contributed by atoms with van der Waals surface area (Å²) < 4.78 is 5.84. The molecule has 0 aliphatic carbocycles. The molecule has 8 nitrogen and oxygen atoms in total. The summed E-state index contributed by atoms with van der Waals surface area (Å²) in [6.45, 7) is 5.76. The minimum Gasteiger partial charge on any atom is -0.465 e. The Labute approximate surface area is 187 Å². The van der Waals surface area contributed by atoms with Crippen LogP contribution in [0.5, 0.6) is 0 Å². The number of imidazole rings is 1. The van der Waals surface area contributed by atoms with Crippen molar-refractivity contribution in [2.75, 3.05) is 19.6 Å². The van der Waals surface area contributed by atoms with Crippen LogP contribution in [0.2, 0.25) is 0 Å². The van der Waals surface area contributed by atoms with Crippen LogP contribution in [0.15, 0.2) is 22.9 Å². The van der Waals surface area contributed by atoms with Crippen LogP contribution < -0.4 is 0 Å². The topological polar surface area (TPSA) is 85.7 Å². The number of hydrogen-bond acceptors (Lipinski definition) is 5. The van der Waals surface area contributed by atoms with Crippen LogP contribution in [0, 0.1) is 18.8 Å². The smallest absolute Gasteiger partial charge is 0.246 e. The Morgan fingerprint density at radius 1 is 1.25 bits per heavy atom. The quantitative estimate of drug-likeness (QED) is 0.795. The van der Waals surface area contributed by atoms with Gasteiger partial charge >= 0.3 is 0 Å². The number of likely N-dealkylation sites (tertiary alicyclic amines) is 1. The summed E-state index contributed by atoms with van der Waals surface area (Å²) >= 11 is 0. The monoisotopic (exact) mass is 437 g/mol. The Morgan fingerprint density at radius 3 is 2.97 bits per heavy atom. The van der Waals surface area contributed by atoms with Gasteiger partial charge in [-0.1, -0.05) is 0 Å². The summed E-state index contributed by atoms with van der Waals surface area (Å²) in [7, 11) is 0. The summed E-state index contributed by atoms with van der Waals surface area (Å²) in [5, 5.41) is 0. The third-order valence-corrected chi connectivity index (χ3v) is 7.93. The van der Waals surface area contributed by atoms with Crippen LogP contribution in [0.4, 0.5) is 0 Å².